The Labute approximate surface area is 214 Å². The SMILES string of the molecule is C=C(NCc1ccc(NS(=O)(=O)c2ccccc2)cc1)OCCCCn1cnc2c(N)nc(Cl)nc21. The van der Waals surface area contributed by atoms with Crippen LogP contribution < -0.4 is 15.8 Å². The lowest BCUT2D eigenvalue weighted by Crippen LogP contribution is -2.15. The molecule has 0 unspecified atom stereocenters. The fraction of sp³-hybridized carbons (Fsp3) is 0.208. The number of hydrogen-bond donors (Lipinski definition) is 3. The lowest BCUT2D eigenvalue weighted by atomic mass is 10.2. The number of nitrogens with zero attached hydrogens (tertiary/aromatic N) is 4. The molecule has 0 aliphatic heterocycles. The predicted octanol–water partition coefficient (Wildman–Crippen LogP) is 3.92. The monoisotopic (exact) mass is 527 g/mol. The molecule has 2 heterocycles. The van der Waals surface area contributed by atoms with Crippen molar-refractivity contribution in [2.24, 2.45) is 0 Å². The van der Waals surface area contributed by atoms with Crippen molar-refractivity contribution in [2.75, 3.05) is 17.1 Å². The van der Waals surface area contributed by atoms with Gasteiger partial charge in [-0.15, -0.1) is 0 Å². The molecule has 0 fully saturated rings. The summed E-state index contributed by atoms with van der Waals surface area (Å²) in [4.78, 5) is 12.6. The van der Waals surface area contributed by atoms with Gasteiger partial charge in [-0.1, -0.05) is 30.3 Å². The quantitative estimate of drug-likeness (QED) is 0.143. The van der Waals surface area contributed by atoms with Gasteiger partial charge in [0.1, 0.15) is 5.52 Å². The van der Waals surface area contributed by atoms with Gasteiger partial charge in [0.2, 0.25) is 5.28 Å². The van der Waals surface area contributed by atoms with E-state index in [1.54, 1.807) is 48.8 Å². The third-order valence-electron chi connectivity index (χ3n) is 5.28. The summed E-state index contributed by atoms with van der Waals surface area (Å²) in [7, 11) is -3.62. The van der Waals surface area contributed by atoms with Crippen molar-refractivity contribution in [3.05, 3.63) is 84.2 Å². The van der Waals surface area contributed by atoms with Crippen LogP contribution in [0.15, 0.2) is 78.3 Å². The number of fused-ring (bicyclic) bond motifs is 1. The molecule has 4 rings (SSSR count). The number of unbranched alkanes of at least 4 members (excludes halogenated alkanes) is 1. The van der Waals surface area contributed by atoms with Crippen LogP contribution in [0, 0.1) is 0 Å². The van der Waals surface area contributed by atoms with Crippen molar-refractivity contribution >= 4 is 44.3 Å². The number of ether oxygens (including phenoxy) is 1. The Kier molecular flexibility index (Phi) is 7.91. The van der Waals surface area contributed by atoms with Gasteiger partial charge in [-0.2, -0.15) is 9.97 Å². The lowest BCUT2D eigenvalue weighted by molar-refractivity contribution is 0.185. The molecule has 0 radical (unpaired) electrons. The van der Waals surface area contributed by atoms with Gasteiger partial charge < -0.3 is 20.4 Å². The molecular weight excluding hydrogens is 502 g/mol. The Hall–Kier alpha value is -3.83. The Bertz CT molecular complexity index is 1440. The molecule has 0 bridgehead atoms. The predicted molar refractivity (Wildman–Crippen MR) is 140 cm³/mol. The Morgan fingerprint density at radius 1 is 1.08 bits per heavy atom. The van der Waals surface area contributed by atoms with Gasteiger partial charge in [-0.3, -0.25) is 4.72 Å². The zero-order valence-corrected chi connectivity index (χ0v) is 21.0. The van der Waals surface area contributed by atoms with Crippen LogP contribution in [0.2, 0.25) is 5.28 Å². The number of nitrogens with two attached hydrogens (primary N) is 1. The minimum Gasteiger partial charge on any atom is -0.480 e. The molecule has 2 aromatic heterocycles. The van der Waals surface area contributed by atoms with Crippen molar-refractivity contribution in [3.8, 4) is 0 Å². The van der Waals surface area contributed by atoms with Crippen molar-refractivity contribution in [1.29, 1.82) is 0 Å². The van der Waals surface area contributed by atoms with E-state index in [0.29, 0.717) is 42.4 Å². The molecule has 4 aromatic rings. The molecule has 36 heavy (non-hydrogen) atoms. The van der Waals surface area contributed by atoms with E-state index in [4.69, 9.17) is 22.1 Å². The molecule has 0 amide bonds. The van der Waals surface area contributed by atoms with Crippen molar-refractivity contribution < 1.29 is 13.2 Å². The maximum Gasteiger partial charge on any atom is 0.261 e. The second kappa shape index (κ2) is 11.3. The van der Waals surface area contributed by atoms with E-state index in [0.717, 1.165) is 18.4 Å². The first-order valence-electron chi connectivity index (χ1n) is 11.2. The number of sulfonamides is 1. The first-order valence-corrected chi connectivity index (χ1v) is 13.0. The number of aromatic nitrogens is 4. The smallest absolute Gasteiger partial charge is 0.261 e. The van der Waals surface area contributed by atoms with Crippen LogP contribution >= 0.6 is 11.6 Å². The van der Waals surface area contributed by atoms with Crippen molar-refractivity contribution in [1.82, 2.24) is 24.8 Å². The molecule has 10 nitrogen and oxygen atoms in total. The zero-order valence-electron chi connectivity index (χ0n) is 19.4. The number of aryl methyl sites for hydroxylation is 1. The van der Waals surface area contributed by atoms with Gasteiger partial charge in [0.25, 0.3) is 10.0 Å². The van der Waals surface area contributed by atoms with Crippen LogP contribution in [0.4, 0.5) is 11.5 Å². The number of nitrogen functional groups attached to an aromatic ring is 1. The highest BCUT2D eigenvalue weighted by atomic mass is 35.5. The van der Waals surface area contributed by atoms with Crippen molar-refractivity contribution in [3.63, 3.8) is 0 Å². The van der Waals surface area contributed by atoms with Crippen LogP contribution in [-0.2, 0) is 27.8 Å². The number of anilines is 2. The molecule has 0 aliphatic rings. The average molecular weight is 528 g/mol. The van der Waals surface area contributed by atoms with Crippen LogP contribution in [-0.4, -0.2) is 34.5 Å². The van der Waals surface area contributed by atoms with Gasteiger partial charge >= 0.3 is 0 Å². The topological polar surface area (TPSA) is 137 Å². The molecule has 188 valence electrons. The second-order valence-corrected chi connectivity index (χ2v) is 9.96. The number of nitrogens with one attached hydrogen (secondary N) is 2. The molecule has 12 heteroatoms. The lowest BCUT2D eigenvalue weighted by Gasteiger charge is -2.12. The number of halogens is 1. The maximum atomic E-state index is 12.4. The van der Waals surface area contributed by atoms with E-state index in [1.165, 1.54) is 0 Å². The summed E-state index contributed by atoms with van der Waals surface area (Å²) in [5, 5.41) is 3.21. The summed E-state index contributed by atoms with van der Waals surface area (Å²) < 4.78 is 35.0. The summed E-state index contributed by atoms with van der Waals surface area (Å²) in [6.07, 6.45) is 3.30. The van der Waals surface area contributed by atoms with Gasteiger partial charge in [-0.05, 0) is 60.9 Å². The van der Waals surface area contributed by atoms with E-state index in [-0.39, 0.29) is 16.0 Å². The first kappa shape index (κ1) is 25.3. The molecule has 2 aromatic carbocycles. The van der Waals surface area contributed by atoms with E-state index >= 15 is 0 Å². The summed E-state index contributed by atoms with van der Waals surface area (Å²) in [5.41, 5.74) is 8.41. The Balaban J connectivity index is 1.17. The normalized spacial score (nSPS) is 11.4. The Morgan fingerprint density at radius 3 is 2.58 bits per heavy atom. The molecule has 0 aliphatic carbocycles. The van der Waals surface area contributed by atoms with Gasteiger partial charge in [0.05, 0.1) is 17.8 Å². The summed E-state index contributed by atoms with van der Waals surface area (Å²) in [6, 6.07) is 15.3. The molecule has 4 N–H and O–H groups in total. The van der Waals surface area contributed by atoms with Crippen LogP contribution in [0.1, 0.15) is 18.4 Å². The van der Waals surface area contributed by atoms with E-state index in [9.17, 15) is 8.42 Å². The average Bonchev–Trinajstić information content (AvgIpc) is 3.27. The van der Waals surface area contributed by atoms with E-state index in [2.05, 4.69) is 31.6 Å². The standard InChI is InChI=1S/C24H26ClN7O3S/c1-17(35-14-6-5-13-32-16-28-21-22(26)29-24(25)30-23(21)32)27-15-18-9-11-19(12-10-18)31-36(33,34)20-7-3-2-4-8-20/h2-4,7-12,16,27,31H,1,5-6,13-15H2,(H2,26,29,30). The van der Waals surface area contributed by atoms with Crippen molar-refractivity contribution in [2.45, 2.75) is 30.8 Å². The second-order valence-electron chi connectivity index (χ2n) is 7.94. The fourth-order valence-electron chi connectivity index (χ4n) is 3.44. The number of rotatable bonds is 12. The van der Waals surface area contributed by atoms with Crippen LogP contribution in [0.5, 0.6) is 0 Å². The minimum atomic E-state index is -3.62. The highest BCUT2D eigenvalue weighted by molar-refractivity contribution is 7.92. The fourth-order valence-corrected chi connectivity index (χ4v) is 4.69. The maximum absolute atomic E-state index is 12.4. The molecule has 0 saturated carbocycles. The molecule has 0 atom stereocenters. The molecular formula is C24H26ClN7O3S. The van der Waals surface area contributed by atoms with E-state index in [1.807, 2.05) is 16.7 Å². The van der Waals surface area contributed by atoms with E-state index < -0.39 is 10.0 Å². The van der Waals surface area contributed by atoms with Crippen LogP contribution in [0.3, 0.4) is 0 Å². The number of imidazole rings is 1. The highest BCUT2D eigenvalue weighted by Gasteiger charge is 2.13. The Morgan fingerprint density at radius 2 is 1.83 bits per heavy atom. The third-order valence-corrected chi connectivity index (χ3v) is 6.85. The zero-order chi connectivity index (χ0) is 25.5. The number of hydrogen-bond acceptors (Lipinski definition) is 8. The number of benzene rings is 2. The summed E-state index contributed by atoms with van der Waals surface area (Å²) >= 11 is 5.89. The van der Waals surface area contributed by atoms with Gasteiger partial charge in [0.15, 0.2) is 17.3 Å². The molecule has 0 saturated heterocycles. The van der Waals surface area contributed by atoms with Gasteiger partial charge in [-0.25, -0.2) is 13.4 Å². The summed E-state index contributed by atoms with van der Waals surface area (Å²) in [5.74, 6) is 0.724. The van der Waals surface area contributed by atoms with Gasteiger partial charge in [0, 0.05) is 18.8 Å². The first-order chi connectivity index (χ1) is 17.3. The third kappa shape index (κ3) is 6.43. The molecule has 0 spiro atoms. The highest BCUT2D eigenvalue weighted by Crippen LogP contribution is 2.19. The summed E-state index contributed by atoms with van der Waals surface area (Å²) in [6.45, 7) is 5.57. The largest absolute Gasteiger partial charge is 0.480 e. The minimum absolute atomic E-state index is 0.0931. The van der Waals surface area contributed by atoms with Crippen LogP contribution in [0.25, 0.3) is 11.2 Å².